The van der Waals surface area contributed by atoms with Gasteiger partial charge in [-0.2, -0.15) is 0 Å². The first-order valence-corrected chi connectivity index (χ1v) is 6.27. The van der Waals surface area contributed by atoms with Crippen molar-refractivity contribution in [2.75, 3.05) is 0 Å². The van der Waals surface area contributed by atoms with E-state index in [1.54, 1.807) is 0 Å². The van der Waals surface area contributed by atoms with Crippen LogP contribution in [-0.2, 0) is 6.42 Å². The highest BCUT2D eigenvalue weighted by atomic mass is 32.1. The lowest BCUT2D eigenvalue weighted by atomic mass is 10.1. The first-order valence-electron chi connectivity index (χ1n) is 5.39. The molecule has 1 aromatic heterocycles. The van der Waals surface area contributed by atoms with Crippen molar-refractivity contribution in [3.05, 3.63) is 51.5 Å². The minimum atomic E-state index is -0.592. The Morgan fingerprint density at radius 2 is 2.25 bits per heavy atom. The van der Waals surface area contributed by atoms with Crippen LogP contribution in [0.1, 0.15) is 34.9 Å². The van der Waals surface area contributed by atoms with Crippen LogP contribution in [0.2, 0.25) is 0 Å². The van der Waals surface area contributed by atoms with E-state index in [2.05, 4.69) is 18.0 Å². The van der Waals surface area contributed by atoms with Gasteiger partial charge in [-0.05, 0) is 24.5 Å². The van der Waals surface area contributed by atoms with Crippen LogP contribution in [0.3, 0.4) is 0 Å². The lowest BCUT2D eigenvalue weighted by Crippen LogP contribution is -1.99. The maximum Gasteiger partial charge on any atom is 0.131 e. The molecule has 1 atom stereocenters. The molecule has 2 nitrogen and oxygen atoms in total. The van der Waals surface area contributed by atoms with E-state index in [4.69, 9.17) is 0 Å². The van der Waals surface area contributed by atoms with Gasteiger partial charge in [0.25, 0.3) is 0 Å². The smallest absolute Gasteiger partial charge is 0.131 e. The second-order valence-corrected chi connectivity index (χ2v) is 4.72. The fourth-order valence-electron chi connectivity index (χ4n) is 1.62. The number of aryl methyl sites for hydroxylation is 2. The zero-order chi connectivity index (χ0) is 11.5. The Labute approximate surface area is 99.6 Å². The highest BCUT2D eigenvalue weighted by Gasteiger charge is 2.13. The molecule has 3 heteroatoms. The van der Waals surface area contributed by atoms with Gasteiger partial charge in [0.1, 0.15) is 11.1 Å². The molecule has 1 unspecified atom stereocenters. The number of benzene rings is 1. The van der Waals surface area contributed by atoms with Crippen molar-refractivity contribution in [3.8, 4) is 0 Å². The van der Waals surface area contributed by atoms with Crippen molar-refractivity contribution in [2.24, 2.45) is 0 Å². The standard InChI is InChI=1S/C13H15NOS/c1-3-10-5-4-6-11(7-10)12(15)13-14-9(2)8-16-13/h4-8,12,15H,3H2,1-2H3. The van der Waals surface area contributed by atoms with Gasteiger partial charge in [-0.15, -0.1) is 11.3 Å². The molecule has 0 fully saturated rings. The number of aliphatic hydroxyl groups is 1. The highest BCUT2D eigenvalue weighted by Crippen LogP contribution is 2.25. The van der Waals surface area contributed by atoms with Gasteiger partial charge in [0, 0.05) is 11.1 Å². The molecule has 0 spiro atoms. The fraction of sp³-hybridized carbons (Fsp3) is 0.308. The van der Waals surface area contributed by atoms with E-state index in [9.17, 15) is 5.11 Å². The summed E-state index contributed by atoms with van der Waals surface area (Å²) in [6, 6.07) is 8.04. The van der Waals surface area contributed by atoms with Crippen molar-refractivity contribution in [3.63, 3.8) is 0 Å². The molecule has 0 saturated heterocycles. The molecular weight excluding hydrogens is 218 g/mol. The van der Waals surface area contributed by atoms with Crippen LogP contribution in [0.5, 0.6) is 0 Å². The molecule has 1 heterocycles. The van der Waals surface area contributed by atoms with Crippen LogP contribution in [-0.4, -0.2) is 10.1 Å². The Morgan fingerprint density at radius 3 is 2.88 bits per heavy atom. The van der Waals surface area contributed by atoms with Crippen molar-refractivity contribution >= 4 is 11.3 Å². The summed E-state index contributed by atoms with van der Waals surface area (Å²) in [4.78, 5) is 4.31. The van der Waals surface area contributed by atoms with Gasteiger partial charge in [-0.3, -0.25) is 0 Å². The monoisotopic (exact) mass is 233 g/mol. The van der Waals surface area contributed by atoms with Gasteiger partial charge >= 0.3 is 0 Å². The van der Waals surface area contributed by atoms with E-state index < -0.39 is 6.10 Å². The number of hydrogen-bond donors (Lipinski definition) is 1. The van der Waals surface area contributed by atoms with Crippen LogP contribution in [0.15, 0.2) is 29.6 Å². The molecule has 0 saturated carbocycles. The van der Waals surface area contributed by atoms with Crippen LogP contribution in [0.4, 0.5) is 0 Å². The molecule has 0 aliphatic rings. The highest BCUT2D eigenvalue weighted by molar-refractivity contribution is 7.09. The van der Waals surface area contributed by atoms with Crippen LogP contribution in [0, 0.1) is 6.92 Å². The lowest BCUT2D eigenvalue weighted by molar-refractivity contribution is 0.219. The number of hydrogen-bond acceptors (Lipinski definition) is 3. The fourth-order valence-corrected chi connectivity index (χ4v) is 2.43. The number of rotatable bonds is 3. The molecular formula is C13H15NOS. The van der Waals surface area contributed by atoms with Gasteiger partial charge in [-0.25, -0.2) is 4.98 Å². The third-order valence-corrected chi connectivity index (χ3v) is 3.56. The molecule has 0 radical (unpaired) electrons. The van der Waals surface area contributed by atoms with Crippen LogP contribution in [0.25, 0.3) is 0 Å². The lowest BCUT2D eigenvalue weighted by Gasteiger charge is -2.09. The first-order chi connectivity index (χ1) is 7.70. The van der Waals surface area contributed by atoms with Crippen molar-refractivity contribution in [2.45, 2.75) is 26.4 Å². The minimum Gasteiger partial charge on any atom is -0.381 e. The predicted octanol–water partition coefficient (Wildman–Crippen LogP) is 3.10. The van der Waals surface area contributed by atoms with E-state index in [0.717, 1.165) is 22.7 Å². The Balaban J connectivity index is 2.29. The summed E-state index contributed by atoms with van der Waals surface area (Å²) in [5.41, 5.74) is 3.13. The Kier molecular flexibility index (Phi) is 3.36. The van der Waals surface area contributed by atoms with Crippen molar-refractivity contribution in [1.82, 2.24) is 4.98 Å². The number of aromatic nitrogens is 1. The van der Waals surface area contributed by atoms with E-state index >= 15 is 0 Å². The maximum absolute atomic E-state index is 10.2. The predicted molar refractivity (Wildman–Crippen MR) is 66.7 cm³/mol. The summed E-state index contributed by atoms with van der Waals surface area (Å²) in [5.74, 6) is 0. The average Bonchev–Trinajstić information content (AvgIpc) is 2.75. The van der Waals surface area contributed by atoms with Gasteiger partial charge in [-0.1, -0.05) is 31.2 Å². The molecule has 16 heavy (non-hydrogen) atoms. The molecule has 84 valence electrons. The van der Waals surface area contributed by atoms with E-state index in [0.29, 0.717) is 0 Å². The summed E-state index contributed by atoms with van der Waals surface area (Å²) in [7, 11) is 0. The zero-order valence-electron chi connectivity index (χ0n) is 9.47. The van der Waals surface area contributed by atoms with E-state index in [-0.39, 0.29) is 0 Å². The largest absolute Gasteiger partial charge is 0.381 e. The summed E-state index contributed by atoms with van der Waals surface area (Å²) in [6.45, 7) is 4.05. The molecule has 1 N–H and O–H groups in total. The summed E-state index contributed by atoms with van der Waals surface area (Å²) in [5, 5.41) is 12.9. The molecule has 2 rings (SSSR count). The second kappa shape index (κ2) is 4.76. The van der Waals surface area contributed by atoms with Crippen molar-refractivity contribution < 1.29 is 5.11 Å². The maximum atomic E-state index is 10.2. The molecule has 2 aromatic rings. The van der Waals surface area contributed by atoms with Crippen LogP contribution >= 0.6 is 11.3 Å². The summed E-state index contributed by atoms with van der Waals surface area (Å²) >= 11 is 1.50. The third-order valence-electron chi connectivity index (χ3n) is 2.55. The molecule has 0 aliphatic heterocycles. The quantitative estimate of drug-likeness (QED) is 0.883. The Hall–Kier alpha value is -1.19. The average molecular weight is 233 g/mol. The number of aliphatic hydroxyl groups excluding tert-OH is 1. The van der Waals surface area contributed by atoms with Crippen LogP contribution < -0.4 is 0 Å². The summed E-state index contributed by atoms with van der Waals surface area (Å²) in [6.07, 6.45) is 0.391. The molecule has 1 aromatic carbocycles. The normalized spacial score (nSPS) is 12.7. The molecule has 0 amide bonds. The van der Waals surface area contributed by atoms with E-state index in [1.165, 1.54) is 16.9 Å². The van der Waals surface area contributed by atoms with Gasteiger partial charge in [0.15, 0.2) is 0 Å². The van der Waals surface area contributed by atoms with Gasteiger partial charge < -0.3 is 5.11 Å². The Bertz CT molecular complexity index is 478. The van der Waals surface area contributed by atoms with Gasteiger partial charge in [0.05, 0.1) is 0 Å². The zero-order valence-corrected chi connectivity index (χ0v) is 10.3. The number of nitrogens with zero attached hydrogens (tertiary/aromatic N) is 1. The minimum absolute atomic E-state index is 0.592. The SMILES string of the molecule is CCc1cccc(C(O)c2nc(C)cs2)c1. The molecule has 0 bridgehead atoms. The van der Waals surface area contributed by atoms with E-state index in [1.807, 2.05) is 30.5 Å². The number of thiazole rings is 1. The molecule has 0 aliphatic carbocycles. The summed E-state index contributed by atoms with van der Waals surface area (Å²) < 4.78 is 0. The van der Waals surface area contributed by atoms with Crippen molar-refractivity contribution in [1.29, 1.82) is 0 Å². The Morgan fingerprint density at radius 1 is 1.44 bits per heavy atom. The first kappa shape index (κ1) is 11.3. The topological polar surface area (TPSA) is 33.1 Å². The second-order valence-electron chi connectivity index (χ2n) is 3.83. The van der Waals surface area contributed by atoms with Gasteiger partial charge in [0.2, 0.25) is 0 Å². The third kappa shape index (κ3) is 2.31.